The lowest BCUT2D eigenvalue weighted by Crippen LogP contribution is -2.35. The molecule has 0 saturated heterocycles. The Labute approximate surface area is 147 Å². The number of halogens is 1. The molecule has 2 aromatic rings. The molecule has 2 rings (SSSR count). The third-order valence-electron chi connectivity index (χ3n) is 3.23. The van der Waals surface area contributed by atoms with Crippen molar-refractivity contribution in [3.63, 3.8) is 0 Å². The molecule has 0 aliphatic carbocycles. The second-order valence-electron chi connectivity index (χ2n) is 5.75. The van der Waals surface area contributed by atoms with Crippen LogP contribution in [0.1, 0.15) is 26.3 Å². The lowest BCUT2D eigenvalue weighted by Gasteiger charge is -2.15. The van der Waals surface area contributed by atoms with Crippen molar-refractivity contribution >= 4 is 17.5 Å². The Hall–Kier alpha value is -2.20. The monoisotopic (exact) mass is 347 g/mol. The van der Waals surface area contributed by atoms with E-state index in [0.29, 0.717) is 17.3 Å². The Kier molecular flexibility index (Phi) is 6.50. The molecule has 0 aliphatic rings. The van der Waals surface area contributed by atoms with E-state index in [2.05, 4.69) is 5.32 Å². The molecule has 1 amide bonds. The van der Waals surface area contributed by atoms with Gasteiger partial charge in [0.25, 0.3) is 5.91 Å². The number of benzene rings is 2. The predicted octanol–water partition coefficient (Wildman–Crippen LogP) is 4.21. The van der Waals surface area contributed by atoms with Crippen molar-refractivity contribution in [3.05, 3.63) is 59.1 Å². The third kappa shape index (κ3) is 5.78. The molecule has 0 aromatic heterocycles. The lowest BCUT2D eigenvalue weighted by atomic mass is 10.2. The van der Waals surface area contributed by atoms with E-state index in [-0.39, 0.29) is 12.0 Å². The van der Waals surface area contributed by atoms with Gasteiger partial charge in [0.1, 0.15) is 11.5 Å². The summed E-state index contributed by atoms with van der Waals surface area (Å²) in [4.78, 5) is 12.2. The van der Waals surface area contributed by atoms with E-state index in [9.17, 15) is 4.79 Å². The van der Waals surface area contributed by atoms with Crippen LogP contribution in [0.5, 0.6) is 11.5 Å². The minimum Gasteiger partial charge on any atom is -0.491 e. The van der Waals surface area contributed by atoms with Crippen LogP contribution >= 0.6 is 11.6 Å². The number of ether oxygens (including phenoxy) is 2. The maximum absolute atomic E-state index is 12.2. The predicted molar refractivity (Wildman–Crippen MR) is 95.6 cm³/mol. The fraction of sp³-hybridized carbons (Fsp3) is 0.316. The maximum Gasteiger partial charge on any atom is 0.261 e. The van der Waals surface area contributed by atoms with Crippen LogP contribution in [0, 0.1) is 0 Å². The Morgan fingerprint density at radius 2 is 1.75 bits per heavy atom. The number of hydrogen-bond donors (Lipinski definition) is 1. The molecule has 0 fully saturated rings. The van der Waals surface area contributed by atoms with Crippen LogP contribution in [0.25, 0.3) is 0 Å². The second kappa shape index (κ2) is 8.60. The highest BCUT2D eigenvalue weighted by molar-refractivity contribution is 6.30. The maximum atomic E-state index is 12.2. The Balaban J connectivity index is 1.86. The molecule has 128 valence electrons. The topological polar surface area (TPSA) is 47.6 Å². The zero-order chi connectivity index (χ0) is 17.5. The largest absolute Gasteiger partial charge is 0.491 e. The van der Waals surface area contributed by atoms with Gasteiger partial charge in [-0.3, -0.25) is 4.79 Å². The lowest BCUT2D eigenvalue weighted by molar-refractivity contribution is -0.127. The van der Waals surface area contributed by atoms with Crippen LogP contribution in [0.2, 0.25) is 5.02 Å². The zero-order valence-electron chi connectivity index (χ0n) is 14.1. The van der Waals surface area contributed by atoms with Crippen molar-refractivity contribution in [2.24, 2.45) is 0 Å². The first-order valence-electron chi connectivity index (χ1n) is 7.89. The summed E-state index contributed by atoms with van der Waals surface area (Å²) in [6.07, 6.45) is -0.482. The number of carbonyl (C=O) groups excluding carboxylic acids is 1. The molecule has 1 unspecified atom stereocenters. The fourth-order valence-electron chi connectivity index (χ4n) is 2.10. The molecule has 4 nitrogen and oxygen atoms in total. The van der Waals surface area contributed by atoms with Gasteiger partial charge in [-0.1, -0.05) is 23.7 Å². The summed E-state index contributed by atoms with van der Waals surface area (Å²) < 4.78 is 11.3. The van der Waals surface area contributed by atoms with Crippen LogP contribution in [0.3, 0.4) is 0 Å². The highest BCUT2D eigenvalue weighted by atomic mass is 35.5. The third-order valence-corrected chi connectivity index (χ3v) is 3.48. The first kappa shape index (κ1) is 18.1. The van der Waals surface area contributed by atoms with Gasteiger partial charge in [0.05, 0.1) is 6.10 Å². The average molecular weight is 348 g/mol. The Morgan fingerprint density at radius 1 is 1.04 bits per heavy atom. The fourth-order valence-corrected chi connectivity index (χ4v) is 2.23. The summed E-state index contributed by atoms with van der Waals surface area (Å²) in [5.41, 5.74) is 0.972. The minimum atomic E-state index is -0.596. The molecular formula is C19H22ClNO3. The number of hydrogen-bond acceptors (Lipinski definition) is 3. The van der Waals surface area contributed by atoms with Crippen LogP contribution in [-0.4, -0.2) is 18.1 Å². The van der Waals surface area contributed by atoms with Gasteiger partial charge in [-0.15, -0.1) is 0 Å². The highest BCUT2D eigenvalue weighted by Crippen LogP contribution is 2.17. The number of carbonyl (C=O) groups is 1. The Morgan fingerprint density at radius 3 is 2.42 bits per heavy atom. The molecule has 2 aromatic carbocycles. The summed E-state index contributed by atoms with van der Waals surface area (Å²) in [5, 5.41) is 3.49. The molecule has 1 N–H and O–H groups in total. The van der Waals surface area contributed by atoms with Gasteiger partial charge >= 0.3 is 0 Å². The van der Waals surface area contributed by atoms with E-state index in [4.69, 9.17) is 21.1 Å². The van der Waals surface area contributed by atoms with Crippen molar-refractivity contribution in [3.8, 4) is 11.5 Å². The summed E-state index contributed by atoms with van der Waals surface area (Å²) in [7, 11) is 0. The van der Waals surface area contributed by atoms with Gasteiger partial charge in [0, 0.05) is 11.6 Å². The van der Waals surface area contributed by atoms with Crippen molar-refractivity contribution < 1.29 is 14.3 Å². The van der Waals surface area contributed by atoms with Crippen molar-refractivity contribution in [2.75, 3.05) is 0 Å². The van der Waals surface area contributed by atoms with Gasteiger partial charge in [0.15, 0.2) is 6.10 Å². The summed E-state index contributed by atoms with van der Waals surface area (Å²) >= 11 is 5.83. The molecule has 0 aliphatic heterocycles. The summed E-state index contributed by atoms with van der Waals surface area (Å²) in [6, 6.07) is 14.6. The van der Waals surface area contributed by atoms with Crippen molar-refractivity contribution in [2.45, 2.75) is 39.5 Å². The summed E-state index contributed by atoms with van der Waals surface area (Å²) in [6.45, 7) is 6.08. The van der Waals surface area contributed by atoms with E-state index in [0.717, 1.165) is 11.3 Å². The number of rotatable bonds is 7. The molecule has 0 heterocycles. The Bertz CT molecular complexity index is 671. The molecule has 0 bridgehead atoms. The second-order valence-corrected chi connectivity index (χ2v) is 6.18. The molecule has 5 heteroatoms. The van der Waals surface area contributed by atoms with Gasteiger partial charge in [-0.2, -0.15) is 0 Å². The van der Waals surface area contributed by atoms with Gasteiger partial charge in [-0.25, -0.2) is 0 Å². The van der Waals surface area contributed by atoms with E-state index >= 15 is 0 Å². The van der Waals surface area contributed by atoms with E-state index in [1.54, 1.807) is 31.2 Å². The molecule has 0 radical (unpaired) electrons. The van der Waals surface area contributed by atoms with Crippen molar-refractivity contribution in [1.29, 1.82) is 0 Å². The van der Waals surface area contributed by atoms with E-state index in [1.165, 1.54) is 0 Å². The first-order valence-corrected chi connectivity index (χ1v) is 8.27. The molecule has 24 heavy (non-hydrogen) atoms. The SMILES string of the molecule is CC(C)Oc1cccc(CNC(=O)C(C)Oc2ccc(Cl)cc2)c1. The quantitative estimate of drug-likeness (QED) is 0.816. The highest BCUT2D eigenvalue weighted by Gasteiger charge is 2.14. The molecule has 0 spiro atoms. The van der Waals surface area contributed by atoms with Gasteiger partial charge in [0.2, 0.25) is 0 Å². The standard InChI is InChI=1S/C19H22ClNO3/c1-13(2)23-18-6-4-5-15(11-18)12-21-19(22)14(3)24-17-9-7-16(20)8-10-17/h4-11,13-14H,12H2,1-3H3,(H,21,22). The molecule has 1 atom stereocenters. The number of amides is 1. The van der Waals surface area contributed by atoms with Gasteiger partial charge in [-0.05, 0) is 62.7 Å². The van der Waals surface area contributed by atoms with E-state index in [1.807, 2.05) is 38.1 Å². The van der Waals surface area contributed by atoms with Crippen LogP contribution in [-0.2, 0) is 11.3 Å². The van der Waals surface area contributed by atoms with E-state index < -0.39 is 6.10 Å². The van der Waals surface area contributed by atoms with Crippen molar-refractivity contribution in [1.82, 2.24) is 5.32 Å². The average Bonchev–Trinajstić information content (AvgIpc) is 2.54. The molecule has 0 saturated carbocycles. The number of nitrogens with one attached hydrogen (secondary N) is 1. The molecular weight excluding hydrogens is 326 g/mol. The van der Waals surface area contributed by atoms with Crippen LogP contribution in [0.4, 0.5) is 0 Å². The zero-order valence-corrected chi connectivity index (χ0v) is 14.8. The normalized spacial score (nSPS) is 11.9. The van der Waals surface area contributed by atoms with Gasteiger partial charge < -0.3 is 14.8 Å². The smallest absolute Gasteiger partial charge is 0.261 e. The first-order chi connectivity index (χ1) is 11.4. The summed E-state index contributed by atoms with van der Waals surface area (Å²) in [5.74, 6) is 1.22. The minimum absolute atomic E-state index is 0.114. The van der Waals surface area contributed by atoms with Crippen LogP contribution < -0.4 is 14.8 Å². The van der Waals surface area contributed by atoms with Crippen LogP contribution in [0.15, 0.2) is 48.5 Å².